The van der Waals surface area contributed by atoms with Crippen molar-refractivity contribution >= 4 is 21.8 Å². The third-order valence-electron chi connectivity index (χ3n) is 7.13. The number of nitrogens with one attached hydrogen (secondary N) is 1. The molecule has 1 aliphatic heterocycles. The normalized spacial score (nSPS) is 16.2. The van der Waals surface area contributed by atoms with E-state index in [9.17, 15) is 18.0 Å². The van der Waals surface area contributed by atoms with E-state index in [1.165, 1.54) is 12.1 Å². The van der Waals surface area contributed by atoms with Crippen LogP contribution in [-0.4, -0.2) is 49.8 Å². The van der Waals surface area contributed by atoms with Crippen LogP contribution in [0.5, 0.6) is 11.5 Å². The average molecular weight is 544 g/mol. The first kappa shape index (κ1) is 25.9. The number of ketones is 1. The Morgan fingerprint density at radius 1 is 1.03 bits per heavy atom. The van der Waals surface area contributed by atoms with E-state index in [4.69, 9.17) is 19.7 Å². The number of aryl methyl sites for hydroxylation is 1. The van der Waals surface area contributed by atoms with Gasteiger partial charge in [0.1, 0.15) is 11.8 Å². The number of sulfonamides is 1. The predicted molar refractivity (Wildman–Crippen MR) is 144 cm³/mol. The summed E-state index contributed by atoms with van der Waals surface area (Å²) >= 11 is 0. The largest absolute Gasteiger partial charge is 0.480 e. The number of ether oxygens (including phenoxy) is 2. The lowest BCUT2D eigenvalue weighted by Crippen LogP contribution is -2.43. The number of hydrogen-bond acceptors (Lipinski definition) is 7. The lowest BCUT2D eigenvalue weighted by Gasteiger charge is -2.16. The molecule has 0 spiro atoms. The second-order valence-corrected chi connectivity index (χ2v) is 11.3. The number of carbonyl (C=O) groups is 2. The van der Waals surface area contributed by atoms with Crippen LogP contribution in [0.3, 0.4) is 0 Å². The SMILES string of the molecule is Cc1ccc(CC(=O)C2(c3ccc4c(c3)OCO4)CC2)cc1-c1ccc(S(=O)(=O)N[C@H](CO)C(=O)O)cc1.[HH].[HH].[HH]. The highest BCUT2D eigenvalue weighted by Gasteiger charge is 2.50. The van der Waals surface area contributed by atoms with E-state index in [-0.39, 0.29) is 28.2 Å². The third kappa shape index (κ3) is 4.90. The second kappa shape index (κ2) is 9.86. The molecule has 3 N–H and O–H groups in total. The van der Waals surface area contributed by atoms with Gasteiger partial charge < -0.3 is 19.7 Å². The van der Waals surface area contributed by atoms with Gasteiger partial charge in [-0.25, -0.2) is 8.42 Å². The highest BCUT2D eigenvalue weighted by Crippen LogP contribution is 2.51. The number of carboxylic acid groups (broad SMARTS) is 1. The number of aliphatic hydroxyl groups excluding tert-OH is 1. The summed E-state index contributed by atoms with van der Waals surface area (Å²) in [6.45, 7) is 1.25. The van der Waals surface area contributed by atoms with Gasteiger partial charge in [0.15, 0.2) is 11.5 Å². The van der Waals surface area contributed by atoms with E-state index in [1.54, 1.807) is 12.1 Å². The Labute approximate surface area is 224 Å². The Bertz CT molecular complexity index is 1530. The van der Waals surface area contributed by atoms with Gasteiger partial charge >= 0.3 is 5.97 Å². The number of benzene rings is 3. The van der Waals surface area contributed by atoms with Gasteiger partial charge in [-0.15, -0.1) is 0 Å². The van der Waals surface area contributed by atoms with Crippen LogP contribution in [-0.2, 0) is 31.4 Å². The van der Waals surface area contributed by atoms with Gasteiger partial charge in [-0.05, 0) is 71.8 Å². The zero-order chi connectivity index (χ0) is 27.1. The topological polar surface area (TPSA) is 139 Å². The number of aliphatic hydroxyl groups is 1. The van der Waals surface area contributed by atoms with Crippen molar-refractivity contribution < 1.29 is 42.0 Å². The molecule has 1 heterocycles. The monoisotopic (exact) mass is 543 g/mol. The Morgan fingerprint density at radius 3 is 2.39 bits per heavy atom. The molecule has 1 saturated carbocycles. The number of fused-ring (bicyclic) bond motifs is 1. The molecule has 2 aliphatic rings. The smallest absolute Gasteiger partial charge is 0.324 e. The first-order chi connectivity index (χ1) is 18.1. The Kier molecular flexibility index (Phi) is 6.72. The van der Waals surface area contributed by atoms with Crippen LogP contribution in [0.15, 0.2) is 65.6 Å². The standard InChI is InChI=1S/C28H27NO8S.3H2/c1-17-2-3-18(13-26(31)28(10-11-28)20-6-9-24-25(14-20)37-16-36-24)12-22(17)19-4-7-21(8-5-19)38(34,35)29-23(15-30)27(32)33;;;/h2-9,12,14,23,29-30H,10-11,13,15-16H2,1H3,(H,32,33);3*1H/t23-;;;/m1.../s1. The summed E-state index contributed by atoms with van der Waals surface area (Å²) in [7, 11) is -4.14. The van der Waals surface area contributed by atoms with Gasteiger partial charge in [0.25, 0.3) is 0 Å². The minimum absolute atomic E-state index is 0. The van der Waals surface area contributed by atoms with Crippen molar-refractivity contribution in [1.29, 1.82) is 0 Å². The molecule has 0 bridgehead atoms. The Balaban J connectivity index is 0.00000196. The molecule has 3 aromatic rings. The van der Waals surface area contributed by atoms with Crippen molar-refractivity contribution in [2.24, 2.45) is 0 Å². The molecule has 5 rings (SSSR count). The summed E-state index contributed by atoms with van der Waals surface area (Å²) in [4.78, 5) is 24.4. The molecular formula is C28H33NO8S. The number of carbonyl (C=O) groups excluding carboxylic acids is 1. The fourth-order valence-corrected chi connectivity index (χ4v) is 5.91. The third-order valence-corrected chi connectivity index (χ3v) is 8.62. The maximum absolute atomic E-state index is 13.4. The Hall–Kier alpha value is -3.73. The molecule has 0 saturated heterocycles. The minimum Gasteiger partial charge on any atom is -0.480 e. The first-order valence-corrected chi connectivity index (χ1v) is 13.6. The molecule has 0 aromatic heterocycles. The highest BCUT2D eigenvalue weighted by molar-refractivity contribution is 7.89. The fourth-order valence-electron chi connectivity index (χ4n) is 4.73. The summed E-state index contributed by atoms with van der Waals surface area (Å²) in [5.74, 6) is 0.0105. The highest BCUT2D eigenvalue weighted by atomic mass is 32.2. The summed E-state index contributed by atoms with van der Waals surface area (Å²) in [6, 6.07) is 15.9. The van der Waals surface area contributed by atoms with Gasteiger partial charge in [-0.1, -0.05) is 36.4 Å². The number of Topliss-reactive ketones (excluding diaryl/α,β-unsaturated/α-hetero) is 1. The van der Waals surface area contributed by atoms with Crippen molar-refractivity contribution in [2.45, 2.75) is 42.5 Å². The molecule has 9 nitrogen and oxygen atoms in total. The molecule has 10 heteroatoms. The van der Waals surface area contributed by atoms with Crippen LogP contribution in [0.25, 0.3) is 11.1 Å². The van der Waals surface area contributed by atoms with Crippen LogP contribution >= 0.6 is 0 Å². The summed E-state index contributed by atoms with van der Waals surface area (Å²) < 4.78 is 37.9. The summed E-state index contributed by atoms with van der Waals surface area (Å²) in [5, 5.41) is 18.2. The second-order valence-electron chi connectivity index (χ2n) is 9.62. The van der Waals surface area contributed by atoms with E-state index < -0.39 is 34.1 Å². The van der Waals surface area contributed by atoms with E-state index in [1.807, 2.05) is 48.0 Å². The Morgan fingerprint density at radius 2 is 1.74 bits per heavy atom. The molecule has 204 valence electrons. The predicted octanol–water partition coefficient (Wildman–Crippen LogP) is 3.70. The zero-order valence-electron chi connectivity index (χ0n) is 20.6. The van der Waals surface area contributed by atoms with Crippen LogP contribution in [0.4, 0.5) is 0 Å². The molecule has 38 heavy (non-hydrogen) atoms. The lowest BCUT2D eigenvalue weighted by molar-refractivity contribution is -0.139. The fraction of sp³-hybridized carbons (Fsp3) is 0.286. The van der Waals surface area contributed by atoms with Crippen LogP contribution in [0.1, 0.15) is 33.8 Å². The van der Waals surface area contributed by atoms with E-state index >= 15 is 0 Å². The van der Waals surface area contributed by atoms with Crippen molar-refractivity contribution in [2.75, 3.05) is 13.4 Å². The molecule has 0 unspecified atom stereocenters. The number of aliphatic carboxylic acids is 1. The summed E-state index contributed by atoms with van der Waals surface area (Å²) in [5.41, 5.74) is 3.85. The van der Waals surface area contributed by atoms with Gasteiger partial charge in [-0.2, -0.15) is 4.72 Å². The number of carboxylic acids is 1. The van der Waals surface area contributed by atoms with Gasteiger partial charge in [0.2, 0.25) is 16.8 Å². The first-order valence-electron chi connectivity index (χ1n) is 12.1. The van der Waals surface area contributed by atoms with Crippen molar-refractivity contribution in [1.82, 2.24) is 4.72 Å². The maximum Gasteiger partial charge on any atom is 0.324 e. The van der Waals surface area contributed by atoms with Crippen LogP contribution in [0, 0.1) is 6.92 Å². The lowest BCUT2D eigenvalue weighted by atomic mass is 9.87. The van der Waals surface area contributed by atoms with E-state index in [0.29, 0.717) is 11.5 Å². The molecule has 0 radical (unpaired) electrons. The van der Waals surface area contributed by atoms with Gasteiger partial charge in [0, 0.05) is 10.7 Å². The maximum atomic E-state index is 13.4. The molecule has 1 fully saturated rings. The molecule has 3 aromatic carbocycles. The molecule has 0 amide bonds. The zero-order valence-corrected chi connectivity index (χ0v) is 21.5. The minimum atomic E-state index is -4.14. The molecule has 1 aliphatic carbocycles. The van der Waals surface area contributed by atoms with Gasteiger partial charge in [0.05, 0.1) is 16.9 Å². The molecular weight excluding hydrogens is 510 g/mol. The molecule has 1 atom stereocenters. The number of hydrogen-bond donors (Lipinski definition) is 3. The number of rotatable bonds is 10. The van der Waals surface area contributed by atoms with E-state index in [2.05, 4.69) is 0 Å². The average Bonchev–Trinajstić information content (AvgIpc) is 3.59. The van der Waals surface area contributed by atoms with Crippen LogP contribution in [0.2, 0.25) is 0 Å². The quantitative estimate of drug-likeness (QED) is 0.352. The van der Waals surface area contributed by atoms with Crippen molar-refractivity contribution in [3.8, 4) is 22.6 Å². The van der Waals surface area contributed by atoms with Gasteiger partial charge in [-0.3, -0.25) is 9.59 Å². The van der Waals surface area contributed by atoms with Crippen LogP contribution < -0.4 is 14.2 Å². The van der Waals surface area contributed by atoms with Crippen molar-refractivity contribution in [3.05, 3.63) is 77.4 Å². The van der Waals surface area contributed by atoms with Crippen molar-refractivity contribution in [3.63, 3.8) is 0 Å². The summed E-state index contributed by atoms with van der Waals surface area (Å²) in [6.07, 6.45) is 1.83. The van der Waals surface area contributed by atoms with E-state index in [0.717, 1.165) is 40.7 Å².